The summed E-state index contributed by atoms with van der Waals surface area (Å²) in [4.78, 5) is 3.52. The van der Waals surface area contributed by atoms with Gasteiger partial charge in [-0.25, -0.2) is 0 Å². The second kappa shape index (κ2) is 4.29. The fraction of sp³-hybridized carbons (Fsp3) is 0.800. The Morgan fingerprint density at radius 3 is 2.47 bits per heavy atom. The minimum atomic E-state index is -4.54. The van der Waals surface area contributed by atoms with Crippen LogP contribution in [0, 0.1) is 0 Å². The maximum Gasteiger partial charge on any atom is 0.455 e. The van der Waals surface area contributed by atoms with E-state index in [9.17, 15) is 13.2 Å². The van der Waals surface area contributed by atoms with Gasteiger partial charge in [-0.05, 0) is 32.4 Å². The molecule has 1 N–H and O–H groups in total. The molecule has 7 heteroatoms. The smallest absolute Gasteiger partial charge is 0.338 e. The van der Waals surface area contributed by atoms with Crippen molar-refractivity contribution in [3.05, 3.63) is 11.7 Å². The van der Waals surface area contributed by atoms with E-state index in [4.69, 9.17) is 4.52 Å². The van der Waals surface area contributed by atoms with E-state index in [1.807, 2.05) is 6.92 Å². The third-order valence-electron chi connectivity index (χ3n) is 3.37. The third kappa shape index (κ3) is 2.29. The van der Waals surface area contributed by atoms with Gasteiger partial charge in [-0.3, -0.25) is 0 Å². The Hall–Kier alpha value is -1.11. The number of hydrogen-bond donors (Lipinski definition) is 1. The van der Waals surface area contributed by atoms with Gasteiger partial charge in [0, 0.05) is 0 Å². The first-order chi connectivity index (χ1) is 7.98. The monoisotopic (exact) mass is 249 g/mol. The molecular formula is C10H14F3N3O. The average Bonchev–Trinajstić information content (AvgIpc) is 2.79. The highest BCUT2D eigenvalue weighted by Gasteiger charge is 2.42. The Kier molecular flexibility index (Phi) is 3.11. The summed E-state index contributed by atoms with van der Waals surface area (Å²) in [6.07, 6.45) is -2.39. The molecule has 1 fully saturated rings. The molecule has 96 valence electrons. The predicted molar refractivity (Wildman–Crippen MR) is 53.4 cm³/mol. The molecular weight excluding hydrogens is 235 g/mol. The van der Waals surface area contributed by atoms with E-state index in [1.54, 1.807) is 0 Å². The summed E-state index contributed by atoms with van der Waals surface area (Å²) < 4.78 is 42.0. The second-order valence-electron chi connectivity index (χ2n) is 4.30. The Morgan fingerprint density at radius 1 is 1.35 bits per heavy atom. The van der Waals surface area contributed by atoms with Gasteiger partial charge in [0.1, 0.15) is 0 Å². The first-order valence-electron chi connectivity index (χ1n) is 5.60. The van der Waals surface area contributed by atoms with Gasteiger partial charge in [0.05, 0.1) is 5.41 Å². The van der Waals surface area contributed by atoms with Gasteiger partial charge in [0.15, 0.2) is 0 Å². The van der Waals surface area contributed by atoms with Crippen LogP contribution in [-0.4, -0.2) is 23.2 Å². The van der Waals surface area contributed by atoms with Gasteiger partial charge >= 0.3 is 6.18 Å². The van der Waals surface area contributed by atoms with Gasteiger partial charge in [-0.1, -0.05) is 12.1 Å². The molecule has 1 aromatic rings. The van der Waals surface area contributed by atoms with Gasteiger partial charge in [-0.2, -0.15) is 18.2 Å². The van der Waals surface area contributed by atoms with Crippen molar-refractivity contribution in [1.82, 2.24) is 15.5 Å². The van der Waals surface area contributed by atoms with Crippen LogP contribution in [0.15, 0.2) is 4.52 Å². The number of aromatic nitrogens is 2. The molecule has 0 saturated carbocycles. The van der Waals surface area contributed by atoms with Crippen LogP contribution in [0.3, 0.4) is 0 Å². The van der Waals surface area contributed by atoms with Crippen LogP contribution >= 0.6 is 0 Å². The zero-order chi connectivity index (χ0) is 12.5. The summed E-state index contributed by atoms with van der Waals surface area (Å²) in [5.74, 6) is -1.06. The number of rotatable bonds is 2. The third-order valence-corrected chi connectivity index (χ3v) is 3.37. The van der Waals surface area contributed by atoms with Crippen molar-refractivity contribution in [3.8, 4) is 0 Å². The first kappa shape index (κ1) is 12.3. The van der Waals surface area contributed by atoms with Gasteiger partial charge in [0.2, 0.25) is 5.89 Å². The number of piperidine rings is 1. The number of alkyl halides is 3. The van der Waals surface area contributed by atoms with Crippen LogP contribution in [0.1, 0.15) is 37.9 Å². The molecule has 2 heterocycles. The van der Waals surface area contributed by atoms with Gasteiger partial charge < -0.3 is 9.84 Å². The van der Waals surface area contributed by atoms with Crippen LogP contribution in [0.5, 0.6) is 0 Å². The zero-order valence-electron chi connectivity index (χ0n) is 9.47. The van der Waals surface area contributed by atoms with E-state index in [-0.39, 0.29) is 5.89 Å². The molecule has 0 unspecified atom stereocenters. The molecule has 1 aliphatic rings. The van der Waals surface area contributed by atoms with Crippen molar-refractivity contribution in [2.45, 2.75) is 37.8 Å². The lowest BCUT2D eigenvalue weighted by Crippen LogP contribution is -2.39. The first-order valence-corrected chi connectivity index (χ1v) is 5.60. The molecule has 0 amide bonds. The maximum absolute atomic E-state index is 12.4. The van der Waals surface area contributed by atoms with Crippen molar-refractivity contribution in [2.24, 2.45) is 0 Å². The summed E-state index contributed by atoms with van der Waals surface area (Å²) in [5, 5.41) is 6.19. The summed E-state index contributed by atoms with van der Waals surface area (Å²) in [5.41, 5.74) is -0.401. The van der Waals surface area contributed by atoms with Crippen molar-refractivity contribution >= 4 is 0 Å². The van der Waals surface area contributed by atoms with Crippen molar-refractivity contribution in [3.63, 3.8) is 0 Å². The van der Waals surface area contributed by atoms with Crippen LogP contribution in [0.4, 0.5) is 13.2 Å². The Bertz CT molecular complexity index is 382. The number of nitrogens with zero attached hydrogens (tertiary/aromatic N) is 2. The van der Waals surface area contributed by atoms with E-state index in [0.717, 1.165) is 25.9 Å². The molecule has 0 spiro atoms. The maximum atomic E-state index is 12.4. The molecule has 4 nitrogen and oxygen atoms in total. The van der Waals surface area contributed by atoms with Crippen molar-refractivity contribution in [1.29, 1.82) is 0 Å². The van der Waals surface area contributed by atoms with Gasteiger partial charge in [0.25, 0.3) is 5.82 Å². The summed E-state index contributed by atoms with van der Waals surface area (Å²) in [6, 6.07) is 0. The van der Waals surface area contributed by atoms with Gasteiger partial charge in [-0.15, -0.1) is 0 Å². The van der Waals surface area contributed by atoms with Crippen LogP contribution in [-0.2, 0) is 11.6 Å². The predicted octanol–water partition coefficient (Wildman–Crippen LogP) is 2.12. The lowest BCUT2D eigenvalue weighted by atomic mass is 9.76. The number of halogens is 3. The molecule has 0 atom stereocenters. The number of hydrogen-bond acceptors (Lipinski definition) is 4. The minimum absolute atomic E-state index is 0.119. The summed E-state index contributed by atoms with van der Waals surface area (Å²) in [7, 11) is 0. The van der Waals surface area contributed by atoms with E-state index in [0.29, 0.717) is 6.42 Å². The highest BCUT2D eigenvalue weighted by atomic mass is 19.4. The van der Waals surface area contributed by atoms with E-state index >= 15 is 0 Å². The normalized spacial score (nSPS) is 20.5. The van der Waals surface area contributed by atoms with Crippen LogP contribution in [0.2, 0.25) is 0 Å². The molecule has 0 aromatic carbocycles. The quantitative estimate of drug-likeness (QED) is 0.872. The molecule has 1 aliphatic heterocycles. The van der Waals surface area contributed by atoms with Crippen LogP contribution in [0.25, 0.3) is 0 Å². The minimum Gasteiger partial charge on any atom is -0.338 e. The Balaban J connectivity index is 2.28. The lowest BCUT2D eigenvalue weighted by molar-refractivity contribution is -0.146. The highest BCUT2D eigenvalue weighted by molar-refractivity contribution is 5.08. The molecule has 1 aromatic heterocycles. The Morgan fingerprint density at radius 2 is 2.00 bits per heavy atom. The molecule has 17 heavy (non-hydrogen) atoms. The molecule has 0 bridgehead atoms. The fourth-order valence-electron chi connectivity index (χ4n) is 2.18. The zero-order valence-corrected chi connectivity index (χ0v) is 9.47. The average molecular weight is 249 g/mol. The SMILES string of the molecule is CCC1(c2nc(C(F)(F)F)no2)CCNCC1. The van der Waals surface area contributed by atoms with E-state index < -0.39 is 17.4 Å². The van der Waals surface area contributed by atoms with Crippen LogP contribution < -0.4 is 5.32 Å². The second-order valence-corrected chi connectivity index (χ2v) is 4.30. The van der Waals surface area contributed by atoms with E-state index in [1.165, 1.54) is 0 Å². The molecule has 0 aliphatic carbocycles. The standard InChI is InChI=1S/C10H14F3N3O/c1-2-9(3-5-14-6-4-9)8-15-7(16-17-8)10(11,12)13/h14H,2-6H2,1H3. The largest absolute Gasteiger partial charge is 0.455 e. The highest BCUT2D eigenvalue weighted by Crippen LogP contribution is 2.37. The Labute approximate surface area is 96.6 Å². The molecule has 2 rings (SSSR count). The fourth-order valence-corrected chi connectivity index (χ4v) is 2.18. The topological polar surface area (TPSA) is 51.0 Å². The summed E-state index contributed by atoms with van der Waals surface area (Å²) >= 11 is 0. The molecule has 1 saturated heterocycles. The van der Waals surface area contributed by atoms with Crippen molar-refractivity contribution in [2.75, 3.05) is 13.1 Å². The van der Waals surface area contributed by atoms with E-state index in [2.05, 4.69) is 15.5 Å². The summed E-state index contributed by atoms with van der Waals surface area (Å²) in [6.45, 7) is 3.46. The number of nitrogens with one attached hydrogen (secondary N) is 1. The van der Waals surface area contributed by atoms with Crippen molar-refractivity contribution < 1.29 is 17.7 Å². The lowest BCUT2D eigenvalue weighted by Gasteiger charge is -2.33. The molecule has 0 radical (unpaired) electrons.